The number of ether oxygens (including phenoxy) is 1. The molecule has 0 fully saturated rings. The Morgan fingerprint density at radius 1 is 1.10 bits per heavy atom. The number of Topliss-reactive ketones (excluding diaryl/α,β-unsaturated/α-hetero) is 1. The van der Waals surface area contributed by atoms with Gasteiger partial charge in [-0.3, -0.25) is 14.6 Å². The van der Waals surface area contributed by atoms with Gasteiger partial charge in [0.25, 0.3) is 0 Å². The SMILES string of the molecule is CCC(CC)C(=O)Nc1ccc(C(=O)CC2=NC(C)(C)Cc3ccc(OC)cc32)cc1. The fourth-order valence-electron chi connectivity index (χ4n) is 4.07. The van der Waals surface area contributed by atoms with Crippen LogP contribution in [0.25, 0.3) is 0 Å². The lowest BCUT2D eigenvalue weighted by atomic mass is 9.85. The lowest BCUT2D eigenvalue weighted by molar-refractivity contribution is -0.120. The van der Waals surface area contributed by atoms with E-state index in [1.165, 1.54) is 5.56 Å². The van der Waals surface area contributed by atoms with E-state index >= 15 is 0 Å². The van der Waals surface area contributed by atoms with Crippen LogP contribution in [0, 0.1) is 5.92 Å². The van der Waals surface area contributed by atoms with Crippen LogP contribution in [0.1, 0.15) is 68.4 Å². The zero-order chi connectivity index (χ0) is 22.6. The fourth-order valence-corrected chi connectivity index (χ4v) is 4.07. The van der Waals surface area contributed by atoms with Crippen LogP contribution in [0.4, 0.5) is 5.69 Å². The molecule has 2 aromatic carbocycles. The summed E-state index contributed by atoms with van der Waals surface area (Å²) >= 11 is 0. The topological polar surface area (TPSA) is 67.8 Å². The molecule has 0 atom stereocenters. The van der Waals surface area contributed by atoms with E-state index in [1.54, 1.807) is 31.4 Å². The summed E-state index contributed by atoms with van der Waals surface area (Å²) in [6, 6.07) is 13.1. The minimum absolute atomic E-state index is 0.00286. The van der Waals surface area contributed by atoms with Gasteiger partial charge in [0.1, 0.15) is 5.75 Å². The number of nitrogens with zero attached hydrogens (tertiary/aromatic N) is 1. The molecule has 1 aliphatic rings. The maximum absolute atomic E-state index is 13.0. The van der Waals surface area contributed by atoms with Crippen molar-refractivity contribution in [2.75, 3.05) is 12.4 Å². The highest BCUT2D eigenvalue weighted by atomic mass is 16.5. The highest BCUT2D eigenvalue weighted by Crippen LogP contribution is 2.31. The van der Waals surface area contributed by atoms with E-state index in [2.05, 4.69) is 25.2 Å². The fraction of sp³-hybridized carbons (Fsp3) is 0.423. The molecule has 0 aliphatic carbocycles. The third-order valence-corrected chi connectivity index (χ3v) is 5.85. The molecular weight excluding hydrogens is 388 g/mol. The normalized spacial score (nSPS) is 14.6. The molecule has 3 rings (SSSR count). The first-order valence-electron chi connectivity index (χ1n) is 11.0. The van der Waals surface area contributed by atoms with Crippen molar-refractivity contribution in [1.82, 2.24) is 0 Å². The van der Waals surface area contributed by atoms with Crippen molar-refractivity contribution in [3.8, 4) is 5.75 Å². The number of rotatable bonds is 8. The molecule has 0 aromatic heterocycles. The molecule has 5 heteroatoms. The molecule has 0 saturated carbocycles. The Balaban J connectivity index is 1.77. The van der Waals surface area contributed by atoms with Crippen LogP contribution >= 0.6 is 0 Å². The first-order chi connectivity index (χ1) is 14.8. The Bertz CT molecular complexity index is 986. The van der Waals surface area contributed by atoms with Crippen LogP contribution in [-0.2, 0) is 11.2 Å². The monoisotopic (exact) mass is 420 g/mol. The van der Waals surface area contributed by atoms with Gasteiger partial charge >= 0.3 is 0 Å². The molecule has 2 aromatic rings. The summed E-state index contributed by atoms with van der Waals surface area (Å²) in [4.78, 5) is 30.2. The summed E-state index contributed by atoms with van der Waals surface area (Å²) in [6.07, 6.45) is 2.67. The van der Waals surface area contributed by atoms with Crippen molar-refractivity contribution in [2.24, 2.45) is 10.9 Å². The van der Waals surface area contributed by atoms with Gasteiger partial charge in [-0.2, -0.15) is 0 Å². The number of benzene rings is 2. The van der Waals surface area contributed by atoms with Crippen LogP contribution in [0.3, 0.4) is 0 Å². The van der Waals surface area contributed by atoms with Crippen molar-refractivity contribution in [1.29, 1.82) is 0 Å². The minimum atomic E-state index is -0.250. The van der Waals surface area contributed by atoms with Crippen molar-refractivity contribution in [3.63, 3.8) is 0 Å². The van der Waals surface area contributed by atoms with E-state index < -0.39 is 0 Å². The molecule has 1 amide bonds. The van der Waals surface area contributed by atoms with Gasteiger partial charge in [-0.25, -0.2) is 0 Å². The van der Waals surface area contributed by atoms with Crippen LogP contribution in [-0.4, -0.2) is 30.1 Å². The molecule has 31 heavy (non-hydrogen) atoms. The molecule has 1 N–H and O–H groups in total. The number of nitrogens with one attached hydrogen (secondary N) is 1. The maximum atomic E-state index is 13.0. The van der Waals surface area contributed by atoms with Crippen LogP contribution in [0.15, 0.2) is 47.5 Å². The van der Waals surface area contributed by atoms with Gasteiger partial charge in [-0.05, 0) is 75.1 Å². The zero-order valence-electron chi connectivity index (χ0n) is 19.1. The van der Waals surface area contributed by atoms with Crippen LogP contribution < -0.4 is 10.1 Å². The molecule has 0 unspecified atom stereocenters. The van der Waals surface area contributed by atoms with Crippen molar-refractivity contribution in [2.45, 2.75) is 58.9 Å². The predicted molar refractivity (Wildman–Crippen MR) is 125 cm³/mol. The molecule has 0 radical (unpaired) electrons. The summed E-state index contributed by atoms with van der Waals surface area (Å²) in [5.41, 5.74) is 4.03. The lowest BCUT2D eigenvalue weighted by Crippen LogP contribution is -2.30. The van der Waals surface area contributed by atoms with E-state index in [0.717, 1.165) is 36.3 Å². The molecule has 5 nitrogen and oxygen atoms in total. The Hall–Kier alpha value is -2.95. The summed E-state index contributed by atoms with van der Waals surface area (Å²) in [6.45, 7) is 8.20. The highest BCUT2D eigenvalue weighted by Gasteiger charge is 2.28. The van der Waals surface area contributed by atoms with Gasteiger partial charge in [-0.1, -0.05) is 19.9 Å². The highest BCUT2D eigenvalue weighted by molar-refractivity contribution is 6.17. The molecule has 0 saturated heterocycles. The van der Waals surface area contributed by atoms with E-state index in [0.29, 0.717) is 11.3 Å². The standard InChI is InChI=1S/C26H32N2O3/c1-6-17(7-2)25(30)27-20-11-8-18(9-12-20)24(29)15-23-22-14-21(31-5)13-10-19(22)16-26(3,4)28-23/h8-14,17H,6-7,15-16H2,1-5H3,(H,27,30). The first-order valence-corrected chi connectivity index (χ1v) is 11.0. The maximum Gasteiger partial charge on any atom is 0.227 e. The number of hydrogen-bond acceptors (Lipinski definition) is 4. The summed E-state index contributed by atoms with van der Waals surface area (Å²) < 4.78 is 5.37. The second kappa shape index (κ2) is 9.46. The van der Waals surface area contributed by atoms with E-state index in [9.17, 15) is 9.59 Å². The second-order valence-corrected chi connectivity index (χ2v) is 8.75. The molecular formula is C26H32N2O3. The smallest absolute Gasteiger partial charge is 0.227 e. The van der Waals surface area contributed by atoms with Crippen molar-refractivity contribution in [3.05, 3.63) is 59.2 Å². The Kier molecular flexibility index (Phi) is 6.94. The van der Waals surface area contributed by atoms with Gasteiger partial charge < -0.3 is 10.1 Å². The van der Waals surface area contributed by atoms with Crippen molar-refractivity contribution < 1.29 is 14.3 Å². The average molecular weight is 421 g/mol. The average Bonchev–Trinajstić information content (AvgIpc) is 2.74. The Labute approximate surface area is 184 Å². The van der Waals surface area contributed by atoms with Gasteiger partial charge in [-0.15, -0.1) is 0 Å². The van der Waals surface area contributed by atoms with Crippen LogP contribution in [0.5, 0.6) is 5.75 Å². The quantitative estimate of drug-likeness (QED) is 0.576. The van der Waals surface area contributed by atoms with Crippen LogP contribution in [0.2, 0.25) is 0 Å². The largest absolute Gasteiger partial charge is 0.497 e. The number of anilines is 1. The Morgan fingerprint density at radius 2 is 1.77 bits per heavy atom. The number of ketones is 1. The molecule has 1 heterocycles. The number of amides is 1. The first kappa shape index (κ1) is 22.7. The minimum Gasteiger partial charge on any atom is -0.497 e. The van der Waals surface area contributed by atoms with Gasteiger partial charge in [0.15, 0.2) is 5.78 Å². The van der Waals surface area contributed by atoms with Crippen molar-refractivity contribution >= 4 is 23.1 Å². The number of hydrogen-bond donors (Lipinski definition) is 1. The van der Waals surface area contributed by atoms with E-state index in [4.69, 9.17) is 9.73 Å². The molecule has 1 aliphatic heterocycles. The van der Waals surface area contributed by atoms with E-state index in [1.807, 2.05) is 26.0 Å². The summed E-state index contributed by atoms with van der Waals surface area (Å²) in [5, 5.41) is 2.94. The Morgan fingerprint density at radius 3 is 2.39 bits per heavy atom. The number of methoxy groups -OCH3 is 1. The zero-order valence-corrected chi connectivity index (χ0v) is 19.1. The van der Waals surface area contributed by atoms with E-state index in [-0.39, 0.29) is 29.6 Å². The van der Waals surface area contributed by atoms with Gasteiger partial charge in [0, 0.05) is 22.7 Å². The predicted octanol–water partition coefficient (Wildman–Crippen LogP) is 5.47. The summed E-state index contributed by atoms with van der Waals surface area (Å²) in [7, 11) is 1.64. The molecule has 0 bridgehead atoms. The number of fused-ring (bicyclic) bond motifs is 1. The van der Waals surface area contributed by atoms with Gasteiger partial charge in [0.05, 0.1) is 24.8 Å². The third-order valence-electron chi connectivity index (χ3n) is 5.85. The molecule has 164 valence electrons. The number of aliphatic imine (C=N–C) groups is 1. The summed E-state index contributed by atoms with van der Waals surface area (Å²) in [5.74, 6) is 0.790. The lowest BCUT2D eigenvalue weighted by Gasteiger charge is -2.29. The third kappa shape index (κ3) is 5.40. The van der Waals surface area contributed by atoms with Gasteiger partial charge in [0.2, 0.25) is 5.91 Å². The number of carbonyl (C=O) groups excluding carboxylic acids is 2. The number of carbonyl (C=O) groups is 2. The second-order valence-electron chi connectivity index (χ2n) is 8.75. The molecule has 0 spiro atoms.